The number of aromatic nitrogens is 1. The molecule has 0 bridgehead atoms. The van der Waals surface area contributed by atoms with E-state index in [9.17, 15) is 9.59 Å². The van der Waals surface area contributed by atoms with Gasteiger partial charge in [0.25, 0.3) is 0 Å². The molecule has 7 heteroatoms. The van der Waals surface area contributed by atoms with Crippen molar-refractivity contribution in [1.29, 1.82) is 0 Å². The van der Waals surface area contributed by atoms with Gasteiger partial charge in [0.05, 0.1) is 16.5 Å². The van der Waals surface area contributed by atoms with Gasteiger partial charge in [0.2, 0.25) is 5.91 Å². The van der Waals surface area contributed by atoms with Gasteiger partial charge in [0, 0.05) is 31.1 Å². The number of aliphatic carboxylic acids is 1. The molecule has 0 saturated heterocycles. The molecule has 0 aliphatic heterocycles. The standard InChI is InChI=1S/C11H16N2O3S2/c1-8-5-12-9(18-8)3-4-13(2)10(14)6-17-7-11(15)16/h5H,3-4,6-7H2,1-2H3,(H,15,16). The molecule has 1 N–H and O–H groups in total. The predicted molar refractivity (Wildman–Crippen MR) is 73.2 cm³/mol. The number of thioether (sulfide) groups is 1. The van der Waals surface area contributed by atoms with Gasteiger partial charge in [-0.25, -0.2) is 4.98 Å². The van der Waals surface area contributed by atoms with Gasteiger partial charge in [-0.1, -0.05) is 0 Å². The average molecular weight is 288 g/mol. The monoisotopic (exact) mass is 288 g/mol. The molecule has 0 aromatic carbocycles. The highest BCUT2D eigenvalue weighted by Gasteiger charge is 2.10. The Morgan fingerprint density at radius 1 is 1.50 bits per heavy atom. The summed E-state index contributed by atoms with van der Waals surface area (Å²) in [6.07, 6.45) is 2.56. The molecule has 0 saturated carbocycles. The van der Waals surface area contributed by atoms with Gasteiger partial charge < -0.3 is 10.0 Å². The van der Waals surface area contributed by atoms with Crippen molar-refractivity contribution < 1.29 is 14.7 Å². The van der Waals surface area contributed by atoms with Gasteiger partial charge in [0.15, 0.2) is 0 Å². The quantitative estimate of drug-likeness (QED) is 0.818. The van der Waals surface area contributed by atoms with E-state index < -0.39 is 5.97 Å². The molecule has 100 valence electrons. The van der Waals surface area contributed by atoms with Crippen molar-refractivity contribution in [3.05, 3.63) is 16.1 Å². The van der Waals surface area contributed by atoms with E-state index in [0.717, 1.165) is 28.1 Å². The molecule has 0 spiro atoms. The van der Waals surface area contributed by atoms with E-state index in [1.165, 1.54) is 0 Å². The van der Waals surface area contributed by atoms with E-state index in [4.69, 9.17) is 5.11 Å². The van der Waals surface area contributed by atoms with Crippen molar-refractivity contribution in [2.24, 2.45) is 0 Å². The fourth-order valence-electron chi connectivity index (χ4n) is 1.24. The van der Waals surface area contributed by atoms with Crippen LogP contribution in [0.2, 0.25) is 0 Å². The van der Waals surface area contributed by atoms with Gasteiger partial charge >= 0.3 is 5.97 Å². The molecule has 0 atom stereocenters. The van der Waals surface area contributed by atoms with Crippen LogP contribution in [-0.2, 0) is 16.0 Å². The first kappa shape index (κ1) is 15.0. The van der Waals surface area contributed by atoms with E-state index in [1.54, 1.807) is 23.3 Å². The topological polar surface area (TPSA) is 70.5 Å². The number of amides is 1. The van der Waals surface area contributed by atoms with Crippen LogP contribution in [-0.4, -0.2) is 52.0 Å². The third-order valence-corrected chi connectivity index (χ3v) is 4.08. The zero-order chi connectivity index (χ0) is 13.5. The van der Waals surface area contributed by atoms with Crippen LogP contribution in [0, 0.1) is 6.92 Å². The maximum atomic E-state index is 11.6. The number of carbonyl (C=O) groups excluding carboxylic acids is 1. The molecule has 0 radical (unpaired) electrons. The van der Waals surface area contributed by atoms with Crippen molar-refractivity contribution in [3.63, 3.8) is 0 Å². The molecule has 0 aliphatic carbocycles. The second-order valence-corrected chi connectivity index (χ2v) is 6.12. The van der Waals surface area contributed by atoms with Crippen molar-refractivity contribution in [3.8, 4) is 0 Å². The number of carboxylic acids is 1. The van der Waals surface area contributed by atoms with Gasteiger partial charge in [-0.05, 0) is 6.92 Å². The molecule has 18 heavy (non-hydrogen) atoms. The summed E-state index contributed by atoms with van der Waals surface area (Å²) in [6.45, 7) is 2.61. The first-order chi connectivity index (χ1) is 8.49. The largest absolute Gasteiger partial charge is 0.481 e. The molecule has 1 amide bonds. The lowest BCUT2D eigenvalue weighted by molar-refractivity contribution is -0.133. The third-order valence-electron chi connectivity index (χ3n) is 2.21. The first-order valence-electron chi connectivity index (χ1n) is 5.44. The van der Waals surface area contributed by atoms with Gasteiger partial charge in [0.1, 0.15) is 0 Å². The lowest BCUT2D eigenvalue weighted by atomic mass is 10.4. The second-order valence-electron chi connectivity index (χ2n) is 3.82. The molecule has 5 nitrogen and oxygen atoms in total. The highest BCUT2D eigenvalue weighted by Crippen LogP contribution is 2.12. The highest BCUT2D eigenvalue weighted by atomic mass is 32.2. The van der Waals surface area contributed by atoms with Crippen LogP contribution in [0.25, 0.3) is 0 Å². The minimum absolute atomic E-state index is 0.0365. The predicted octanol–water partition coefficient (Wildman–Crippen LogP) is 1.27. The number of hydrogen-bond donors (Lipinski definition) is 1. The summed E-state index contributed by atoms with van der Waals surface area (Å²) in [4.78, 5) is 29.0. The van der Waals surface area contributed by atoms with Crippen LogP contribution in [0.4, 0.5) is 0 Å². The maximum absolute atomic E-state index is 11.6. The zero-order valence-corrected chi connectivity index (χ0v) is 12.0. The minimum Gasteiger partial charge on any atom is -0.481 e. The normalized spacial score (nSPS) is 10.3. The molecule has 1 aromatic heterocycles. The third kappa shape index (κ3) is 5.50. The Balaban J connectivity index is 2.25. The highest BCUT2D eigenvalue weighted by molar-refractivity contribution is 8.00. The Bertz CT molecular complexity index is 420. The summed E-state index contributed by atoms with van der Waals surface area (Å²) in [7, 11) is 1.73. The summed E-state index contributed by atoms with van der Waals surface area (Å²) >= 11 is 2.75. The fraction of sp³-hybridized carbons (Fsp3) is 0.545. The van der Waals surface area contributed by atoms with E-state index >= 15 is 0 Å². The van der Waals surface area contributed by atoms with E-state index in [-0.39, 0.29) is 17.4 Å². The Labute approximate surface area is 114 Å². The molecular formula is C11H16N2O3S2. The Morgan fingerprint density at radius 3 is 2.78 bits per heavy atom. The number of carboxylic acid groups (broad SMARTS) is 1. The van der Waals surface area contributed by atoms with Crippen molar-refractivity contribution in [1.82, 2.24) is 9.88 Å². The van der Waals surface area contributed by atoms with Gasteiger partial charge in [-0.2, -0.15) is 0 Å². The number of carbonyl (C=O) groups is 2. The summed E-state index contributed by atoms with van der Waals surface area (Å²) in [5, 5.41) is 9.49. The van der Waals surface area contributed by atoms with E-state index in [2.05, 4.69) is 4.98 Å². The summed E-state index contributed by atoms with van der Waals surface area (Å²) < 4.78 is 0. The summed E-state index contributed by atoms with van der Waals surface area (Å²) in [5.74, 6) is -0.770. The second kappa shape index (κ2) is 7.38. The van der Waals surface area contributed by atoms with Crippen molar-refractivity contribution in [2.45, 2.75) is 13.3 Å². The van der Waals surface area contributed by atoms with Crippen LogP contribution < -0.4 is 0 Å². The van der Waals surface area contributed by atoms with E-state index in [1.807, 2.05) is 13.1 Å². The number of likely N-dealkylation sites (N-methyl/N-ethyl adjacent to an activating group) is 1. The molecular weight excluding hydrogens is 272 g/mol. The molecule has 1 aromatic rings. The van der Waals surface area contributed by atoms with Crippen LogP contribution in [0.5, 0.6) is 0 Å². The number of hydrogen-bond acceptors (Lipinski definition) is 5. The minimum atomic E-state index is -0.895. The van der Waals surface area contributed by atoms with Crippen LogP contribution in [0.1, 0.15) is 9.88 Å². The van der Waals surface area contributed by atoms with Crippen molar-refractivity contribution >= 4 is 35.0 Å². The van der Waals surface area contributed by atoms with Crippen molar-refractivity contribution in [2.75, 3.05) is 25.1 Å². The maximum Gasteiger partial charge on any atom is 0.313 e. The van der Waals surface area contributed by atoms with Crippen LogP contribution >= 0.6 is 23.1 Å². The summed E-state index contributed by atoms with van der Waals surface area (Å²) in [6, 6.07) is 0. The summed E-state index contributed by atoms with van der Waals surface area (Å²) in [5.41, 5.74) is 0. The zero-order valence-electron chi connectivity index (χ0n) is 10.4. The average Bonchev–Trinajstić information content (AvgIpc) is 2.71. The number of nitrogens with zero attached hydrogens (tertiary/aromatic N) is 2. The smallest absolute Gasteiger partial charge is 0.313 e. The van der Waals surface area contributed by atoms with Crippen LogP contribution in [0.3, 0.4) is 0 Å². The molecule has 1 heterocycles. The SMILES string of the molecule is Cc1cnc(CCN(C)C(=O)CSCC(=O)O)s1. The lowest BCUT2D eigenvalue weighted by Gasteiger charge is -2.15. The Hall–Kier alpha value is -1.08. The number of thiazole rings is 1. The Morgan fingerprint density at radius 2 is 2.22 bits per heavy atom. The van der Waals surface area contributed by atoms with Gasteiger partial charge in [-0.15, -0.1) is 23.1 Å². The molecule has 0 aliphatic rings. The Kier molecular flexibility index (Phi) is 6.14. The number of rotatable bonds is 7. The molecule has 0 fully saturated rings. The van der Waals surface area contributed by atoms with Gasteiger partial charge in [-0.3, -0.25) is 9.59 Å². The molecule has 1 rings (SSSR count). The van der Waals surface area contributed by atoms with Crippen LogP contribution in [0.15, 0.2) is 6.20 Å². The number of aryl methyl sites for hydroxylation is 1. The molecule has 0 unspecified atom stereocenters. The lowest BCUT2D eigenvalue weighted by Crippen LogP contribution is -2.30. The first-order valence-corrected chi connectivity index (χ1v) is 7.41. The fourth-order valence-corrected chi connectivity index (χ4v) is 2.69. The van der Waals surface area contributed by atoms with E-state index in [0.29, 0.717) is 6.54 Å².